The van der Waals surface area contributed by atoms with Crippen LogP contribution in [-0.4, -0.2) is 41.1 Å². The average Bonchev–Trinajstić information content (AvgIpc) is 3.28. The molecule has 29 heavy (non-hydrogen) atoms. The van der Waals surface area contributed by atoms with Crippen LogP contribution in [0.15, 0.2) is 59.1 Å². The number of carbonyl (C=O) groups is 1. The second-order valence-electron chi connectivity index (χ2n) is 7.32. The first kappa shape index (κ1) is 19.2. The molecule has 1 atom stereocenters. The van der Waals surface area contributed by atoms with Gasteiger partial charge in [-0.1, -0.05) is 47.6 Å². The molecule has 1 aliphatic heterocycles. The number of hydrogen-bond acceptors (Lipinski definition) is 5. The summed E-state index contributed by atoms with van der Waals surface area (Å²) in [5.41, 5.74) is 1.97. The number of piperidine rings is 1. The number of likely N-dealkylation sites (tertiary alicyclic amines) is 1. The van der Waals surface area contributed by atoms with Gasteiger partial charge in [0.05, 0.1) is 12.7 Å². The third-order valence-electron chi connectivity index (χ3n) is 5.39. The standard InChI is InChI=1S/C23H25N3O3/c1-28-20-12-6-5-11-19(20)23-24-22(25-29-23)18-10-7-15-26(16-18)21(27)14-13-17-8-3-2-4-9-17/h2-6,8-9,11-12,18H,7,10,13-16H2,1H3/t18-/m0/s1. The minimum absolute atomic E-state index is 0.0941. The summed E-state index contributed by atoms with van der Waals surface area (Å²) in [6, 6.07) is 17.7. The number of carbonyl (C=O) groups excluding carboxylic acids is 1. The number of methoxy groups -OCH3 is 1. The van der Waals surface area contributed by atoms with Crippen LogP contribution < -0.4 is 4.74 Å². The van der Waals surface area contributed by atoms with Crippen molar-refractivity contribution in [2.75, 3.05) is 20.2 Å². The minimum Gasteiger partial charge on any atom is -0.496 e. The molecule has 0 bridgehead atoms. The van der Waals surface area contributed by atoms with Crippen LogP contribution in [0.4, 0.5) is 0 Å². The third kappa shape index (κ3) is 4.47. The Hall–Kier alpha value is -3.15. The summed E-state index contributed by atoms with van der Waals surface area (Å²) in [5.74, 6) is 2.09. The molecule has 0 saturated carbocycles. The van der Waals surface area contributed by atoms with Crippen molar-refractivity contribution in [1.82, 2.24) is 15.0 Å². The topological polar surface area (TPSA) is 68.5 Å². The summed E-state index contributed by atoms with van der Waals surface area (Å²) in [7, 11) is 1.62. The molecule has 1 aromatic heterocycles. The Kier molecular flexibility index (Phi) is 5.89. The summed E-state index contributed by atoms with van der Waals surface area (Å²) in [4.78, 5) is 19.2. The van der Waals surface area contributed by atoms with Crippen molar-refractivity contribution in [1.29, 1.82) is 0 Å². The highest BCUT2D eigenvalue weighted by Gasteiger charge is 2.28. The molecule has 3 aromatic rings. The molecular formula is C23H25N3O3. The van der Waals surface area contributed by atoms with Crippen LogP contribution in [0.3, 0.4) is 0 Å². The summed E-state index contributed by atoms with van der Waals surface area (Å²) in [5, 5.41) is 4.20. The van der Waals surface area contributed by atoms with Gasteiger partial charge in [-0.3, -0.25) is 4.79 Å². The predicted octanol–water partition coefficient (Wildman–Crippen LogP) is 4.08. The zero-order valence-electron chi connectivity index (χ0n) is 16.6. The van der Waals surface area contributed by atoms with Crippen LogP contribution in [0.2, 0.25) is 0 Å². The van der Waals surface area contributed by atoms with Gasteiger partial charge < -0.3 is 14.2 Å². The normalized spacial score (nSPS) is 16.6. The number of rotatable bonds is 6. The van der Waals surface area contributed by atoms with Gasteiger partial charge in [-0.25, -0.2) is 0 Å². The number of aromatic nitrogens is 2. The average molecular weight is 391 g/mol. The molecule has 0 radical (unpaired) electrons. The van der Waals surface area contributed by atoms with Gasteiger partial charge >= 0.3 is 0 Å². The number of ether oxygens (including phenoxy) is 1. The van der Waals surface area contributed by atoms with E-state index in [0.717, 1.165) is 31.4 Å². The molecule has 0 spiro atoms. The molecular weight excluding hydrogens is 366 g/mol. The van der Waals surface area contributed by atoms with E-state index in [9.17, 15) is 4.79 Å². The first-order chi connectivity index (χ1) is 14.2. The van der Waals surface area contributed by atoms with E-state index >= 15 is 0 Å². The van der Waals surface area contributed by atoms with Crippen LogP contribution >= 0.6 is 0 Å². The molecule has 1 aliphatic rings. The lowest BCUT2D eigenvalue weighted by atomic mass is 9.96. The molecule has 150 valence electrons. The lowest BCUT2D eigenvalue weighted by molar-refractivity contribution is -0.132. The van der Waals surface area contributed by atoms with Crippen molar-refractivity contribution in [3.05, 3.63) is 66.0 Å². The molecule has 1 amide bonds. The monoisotopic (exact) mass is 391 g/mol. The quantitative estimate of drug-likeness (QED) is 0.633. The number of hydrogen-bond donors (Lipinski definition) is 0. The highest BCUT2D eigenvalue weighted by molar-refractivity contribution is 5.76. The molecule has 0 N–H and O–H groups in total. The van der Waals surface area contributed by atoms with E-state index in [1.807, 2.05) is 47.4 Å². The zero-order chi connectivity index (χ0) is 20.1. The molecule has 6 heteroatoms. The van der Waals surface area contributed by atoms with Gasteiger partial charge in [-0.15, -0.1) is 0 Å². The van der Waals surface area contributed by atoms with E-state index in [2.05, 4.69) is 22.3 Å². The highest BCUT2D eigenvalue weighted by atomic mass is 16.5. The fraction of sp³-hybridized carbons (Fsp3) is 0.348. The SMILES string of the molecule is COc1ccccc1-c1nc([C@H]2CCCN(C(=O)CCc3ccccc3)C2)no1. The van der Waals surface area contributed by atoms with Crippen LogP contribution in [0.5, 0.6) is 5.75 Å². The first-order valence-corrected chi connectivity index (χ1v) is 10.0. The van der Waals surface area contributed by atoms with Crippen molar-refractivity contribution in [2.45, 2.75) is 31.6 Å². The third-order valence-corrected chi connectivity index (χ3v) is 5.39. The van der Waals surface area contributed by atoms with Gasteiger partial charge in [-0.2, -0.15) is 4.98 Å². The maximum atomic E-state index is 12.7. The molecule has 2 heterocycles. The molecule has 4 rings (SSSR count). The zero-order valence-corrected chi connectivity index (χ0v) is 16.6. The maximum absolute atomic E-state index is 12.7. The minimum atomic E-state index is 0.0941. The molecule has 6 nitrogen and oxygen atoms in total. The van der Waals surface area contributed by atoms with Crippen molar-refractivity contribution < 1.29 is 14.1 Å². The van der Waals surface area contributed by atoms with Crippen LogP contribution in [-0.2, 0) is 11.2 Å². The lowest BCUT2D eigenvalue weighted by Gasteiger charge is -2.31. The van der Waals surface area contributed by atoms with Gasteiger partial charge in [-0.05, 0) is 37.0 Å². The predicted molar refractivity (Wildman–Crippen MR) is 110 cm³/mol. The second-order valence-corrected chi connectivity index (χ2v) is 7.32. The number of aryl methyl sites for hydroxylation is 1. The molecule has 0 unspecified atom stereocenters. The van der Waals surface area contributed by atoms with Gasteiger partial charge in [0.1, 0.15) is 5.75 Å². The summed E-state index contributed by atoms with van der Waals surface area (Å²) in [6.45, 7) is 1.43. The fourth-order valence-corrected chi connectivity index (χ4v) is 3.80. The van der Waals surface area contributed by atoms with E-state index in [1.54, 1.807) is 7.11 Å². The molecule has 1 saturated heterocycles. The van der Waals surface area contributed by atoms with E-state index in [-0.39, 0.29) is 11.8 Å². The van der Waals surface area contributed by atoms with Crippen molar-refractivity contribution in [3.63, 3.8) is 0 Å². The second kappa shape index (κ2) is 8.90. The lowest BCUT2D eigenvalue weighted by Crippen LogP contribution is -2.39. The molecule has 2 aromatic carbocycles. The Morgan fingerprint density at radius 2 is 1.97 bits per heavy atom. The van der Waals surface area contributed by atoms with Gasteiger partial charge in [0, 0.05) is 25.4 Å². The number of amides is 1. The van der Waals surface area contributed by atoms with E-state index in [0.29, 0.717) is 30.4 Å². The fourth-order valence-electron chi connectivity index (χ4n) is 3.80. The van der Waals surface area contributed by atoms with Gasteiger partial charge in [0.2, 0.25) is 5.91 Å². The van der Waals surface area contributed by atoms with Crippen LogP contribution in [0.1, 0.15) is 36.6 Å². The summed E-state index contributed by atoms with van der Waals surface area (Å²) in [6.07, 6.45) is 3.18. The van der Waals surface area contributed by atoms with E-state index in [1.165, 1.54) is 5.56 Å². The highest BCUT2D eigenvalue weighted by Crippen LogP contribution is 2.31. The van der Waals surface area contributed by atoms with Gasteiger partial charge in [0.15, 0.2) is 5.82 Å². The Balaban J connectivity index is 1.41. The summed E-state index contributed by atoms with van der Waals surface area (Å²) < 4.78 is 10.9. The van der Waals surface area contributed by atoms with Crippen molar-refractivity contribution >= 4 is 5.91 Å². The maximum Gasteiger partial charge on any atom is 0.261 e. The van der Waals surface area contributed by atoms with Crippen molar-refractivity contribution in [3.8, 4) is 17.2 Å². The van der Waals surface area contributed by atoms with Gasteiger partial charge in [0.25, 0.3) is 5.89 Å². The first-order valence-electron chi connectivity index (χ1n) is 10.0. The Bertz CT molecular complexity index is 955. The number of para-hydroxylation sites is 1. The molecule has 1 fully saturated rings. The number of nitrogens with zero attached hydrogens (tertiary/aromatic N) is 3. The van der Waals surface area contributed by atoms with E-state index in [4.69, 9.17) is 9.26 Å². The Labute approximate surface area is 170 Å². The molecule has 0 aliphatic carbocycles. The largest absolute Gasteiger partial charge is 0.496 e. The Morgan fingerprint density at radius 1 is 1.17 bits per heavy atom. The van der Waals surface area contributed by atoms with Crippen LogP contribution in [0, 0.1) is 0 Å². The summed E-state index contributed by atoms with van der Waals surface area (Å²) >= 11 is 0. The van der Waals surface area contributed by atoms with Crippen molar-refractivity contribution in [2.24, 2.45) is 0 Å². The Morgan fingerprint density at radius 3 is 2.79 bits per heavy atom. The number of benzene rings is 2. The van der Waals surface area contributed by atoms with E-state index < -0.39 is 0 Å². The smallest absolute Gasteiger partial charge is 0.261 e. The van der Waals surface area contributed by atoms with Crippen LogP contribution in [0.25, 0.3) is 11.5 Å².